The van der Waals surface area contributed by atoms with Crippen LogP contribution in [-0.2, 0) is 17.8 Å². The van der Waals surface area contributed by atoms with Crippen LogP contribution in [0.5, 0.6) is 5.75 Å². The Kier molecular flexibility index (Phi) is 5.10. The number of hydrogen-bond acceptors (Lipinski definition) is 5. The molecule has 0 aliphatic carbocycles. The average Bonchev–Trinajstić information content (AvgIpc) is 3.11. The number of anilines is 2. The summed E-state index contributed by atoms with van der Waals surface area (Å²) in [5, 5.41) is 2.70. The van der Waals surface area contributed by atoms with E-state index in [0.717, 1.165) is 13.0 Å². The maximum atomic E-state index is 12.3. The second-order valence-corrected chi connectivity index (χ2v) is 6.58. The normalized spacial score (nSPS) is 12.5. The predicted molar refractivity (Wildman–Crippen MR) is 107 cm³/mol. The minimum Gasteiger partial charge on any atom is -0.477 e. The van der Waals surface area contributed by atoms with Gasteiger partial charge in [-0.15, -0.1) is 0 Å². The molecule has 0 atom stereocenters. The van der Waals surface area contributed by atoms with E-state index in [1.165, 1.54) is 23.6 Å². The number of carbonyl (C=O) groups is 1. The van der Waals surface area contributed by atoms with E-state index in [0.29, 0.717) is 18.0 Å². The van der Waals surface area contributed by atoms with Gasteiger partial charge in [-0.25, -0.2) is 0 Å². The van der Waals surface area contributed by atoms with Crippen LogP contribution in [0, 0.1) is 0 Å². The van der Waals surface area contributed by atoms with Gasteiger partial charge in [0.05, 0.1) is 6.54 Å². The monoisotopic (exact) mass is 376 g/mol. The van der Waals surface area contributed by atoms with Gasteiger partial charge in [-0.2, -0.15) is 0 Å². The number of nitrogens with one attached hydrogen (secondary N) is 1. The van der Waals surface area contributed by atoms with Crippen LogP contribution < -0.4 is 20.4 Å². The SMILES string of the molecule is O=C(COc1coc(CN2CCc3ccccc32)cc1=O)Nc1ccccc1. The van der Waals surface area contributed by atoms with Gasteiger partial charge in [0.2, 0.25) is 11.2 Å². The highest BCUT2D eigenvalue weighted by Gasteiger charge is 2.19. The van der Waals surface area contributed by atoms with Crippen molar-refractivity contribution in [3.8, 4) is 5.75 Å². The topological polar surface area (TPSA) is 71.8 Å². The summed E-state index contributed by atoms with van der Waals surface area (Å²) in [6.45, 7) is 1.14. The lowest BCUT2D eigenvalue weighted by Crippen LogP contribution is -2.23. The first kappa shape index (κ1) is 17.9. The van der Waals surface area contributed by atoms with E-state index in [2.05, 4.69) is 22.3 Å². The standard InChI is InChI=1S/C22H20N2O4/c25-20-12-18(13-24-11-10-16-6-4-5-9-19(16)24)27-14-21(20)28-15-22(26)23-17-7-2-1-3-8-17/h1-9,12,14H,10-11,13,15H2,(H,23,26). The number of fused-ring (bicyclic) bond motifs is 1. The van der Waals surface area contributed by atoms with Gasteiger partial charge in [-0.1, -0.05) is 36.4 Å². The minimum absolute atomic E-state index is 0.0220. The highest BCUT2D eigenvalue weighted by Crippen LogP contribution is 2.28. The second kappa shape index (κ2) is 8.00. The lowest BCUT2D eigenvalue weighted by Gasteiger charge is -2.18. The van der Waals surface area contributed by atoms with Crippen molar-refractivity contribution in [3.05, 3.63) is 88.5 Å². The second-order valence-electron chi connectivity index (χ2n) is 6.58. The summed E-state index contributed by atoms with van der Waals surface area (Å²) in [4.78, 5) is 26.4. The molecule has 0 spiro atoms. The third-order valence-corrected chi connectivity index (χ3v) is 4.60. The fourth-order valence-corrected chi connectivity index (χ4v) is 3.25. The number of ether oxygens (including phenoxy) is 1. The number of nitrogens with zero attached hydrogens (tertiary/aromatic N) is 1. The number of amides is 1. The van der Waals surface area contributed by atoms with E-state index >= 15 is 0 Å². The highest BCUT2D eigenvalue weighted by molar-refractivity contribution is 5.91. The molecule has 0 fully saturated rings. The highest BCUT2D eigenvalue weighted by atomic mass is 16.5. The Morgan fingerprint density at radius 1 is 1.11 bits per heavy atom. The van der Waals surface area contributed by atoms with E-state index < -0.39 is 0 Å². The molecular formula is C22H20N2O4. The third-order valence-electron chi connectivity index (χ3n) is 4.60. The molecule has 1 N–H and O–H groups in total. The number of para-hydroxylation sites is 2. The fourth-order valence-electron chi connectivity index (χ4n) is 3.25. The molecule has 1 aliphatic rings. The molecule has 0 saturated carbocycles. The van der Waals surface area contributed by atoms with Crippen molar-refractivity contribution in [1.29, 1.82) is 0 Å². The molecule has 28 heavy (non-hydrogen) atoms. The molecular weight excluding hydrogens is 356 g/mol. The van der Waals surface area contributed by atoms with Gasteiger partial charge < -0.3 is 19.4 Å². The first-order valence-electron chi connectivity index (χ1n) is 9.11. The first-order chi connectivity index (χ1) is 13.7. The summed E-state index contributed by atoms with van der Waals surface area (Å²) in [7, 11) is 0. The first-order valence-corrected chi connectivity index (χ1v) is 9.11. The van der Waals surface area contributed by atoms with Crippen LogP contribution in [0.2, 0.25) is 0 Å². The van der Waals surface area contributed by atoms with Gasteiger partial charge in [0.15, 0.2) is 6.61 Å². The van der Waals surface area contributed by atoms with Crippen molar-refractivity contribution in [2.24, 2.45) is 0 Å². The van der Waals surface area contributed by atoms with Gasteiger partial charge in [-0.05, 0) is 30.2 Å². The molecule has 1 aromatic heterocycles. The van der Waals surface area contributed by atoms with Crippen LogP contribution in [0.1, 0.15) is 11.3 Å². The van der Waals surface area contributed by atoms with Crippen LogP contribution in [0.4, 0.5) is 11.4 Å². The van der Waals surface area contributed by atoms with Crippen molar-refractivity contribution in [1.82, 2.24) is 0 Å². The Morgan fingerprint density at radius 3 is 2.71 bits per heavy atom. The largest absolute Gasteiger partial charge is 0.477 e. The maximum absolute atomic E-state index is 12.3. The zero-order valence-corrected chi connectivity index (χ0v) is 15.3. The lowest BCUT2D eigenvalue weighted by molar-refractivity contribution is -0.118. The maximum Gasteiger partial charge on any atom is 0.262 e. The van der Waals surface area contributed by atoms with Crippen molar-refractivity contribution in [3.63, 3.8) is 0 Å². The molecule has 0 radical (unpaired) electrons. The zero-order valence-electron chi connectivity index (χ0n) is 15.3. The summed E-state index contributed by atoms with van der Waals surface area (Å²) in [5.74, 6) is 0.236. The summed E-state index contributed by atoms with van der Waals surface area (Å²) < 4.78 is 10.9. The van der Waals surface area contributed by atoms with Crippen LogP contribution >= 0.6 is 0 Å². The Morgan fingerprint density at radius 2 is 1.89 bits per heavy atom. The van der Waals surface area contributed by atoms with Crippen molar-refractivity contribution < 1.29 is 13.9 Å². The van der Waals surface area contributed by atoms with E-state index in [-0.39, 0.29) is 23.7 Å². The van der Waals surface area contributed by atoms with E-state index in [1.807, 2.05) is 30.3 Å². The summed E-state index contributed by atoms with van der Waals surface area (Å²) in [6, 6.07) is 18.7. The fraction of sp³-hybridized carbons (Fsp3) is 0.182. The molecule has 1 aliphatic heterocycles. The number of benzene rings is 2. The summed E-state index contributed by atoms with van der Waals surface area (Å²) in [6.07, 6.45) is 2.26. The molecule has 2 aromatic carbocycles. The van der Waals surface area contributed by atoms with Crippen molar-refractivity contribution in [2.45, 2.75) is 13.0 Å². The smallest absolute Gasteiger partial charge is 0.262 e. The van der Waals surface area contributed by atoms with Crippen molar-refractivity contribution >= 4 is 17.3 Å². The van der Waals surface area contributed by atoms with Crippen LogP contribution in [0.25, 0.3) is 0 Å². The quantitative estimate of drug-likeness (QED) is 0.715. The number of rotatable bonds is 6. The van der Waals surface area contributed by atoms with E-state index in [1.54, 1.807) is 12.1 Å². The molecule has 4 rings (SSSR count). The van der Waals surface area contributed by atoms with Crippen LogP contribution in [0.3, 0.4) is 0 Å². The zero-order chi connectivity index (χ0) is 19.3. The molecule has 3 aromatic rings. The summed E-state index contributed by atoms with van der Waals surface area (Å²) in [5.41, 5.74) is 2.84. The number of carbonyl (C=O) groups excluding carboxylic acids is 1. The molecule has 142 valence electrons. The Labute approximate surface area is 162 Å². The lowest BCUT2D eigenvalue weighted by atomic mass is 10.2. The third kappa shape index (κ3) is 4.06. The van der Waals surface area contributed by atoms with Crippen molar-refractivity contribution in [2.75, 3.05) is 23.4 Å². The molecule has 0 saturated heterocycles. The Bertz CT molecular complexity index is 1030. The molecule has 6 heteroatoms. The molecule has 1 amide bonds. The molecule has 0 bridgehead atoms. The average molecular weight is 376 g/mol. The molecule has 0 unspecified atom stereocenters. The summed E-state index contributed by atoms with van der Waals surface area (Å²) >= 11 is 0. The minimum atomic E-state index is -0.344. The van der Waals surface area contributed by atoms with Gasteiger partial charge in [0.25, 0.3) is 5.91 Å². The Hall–Kier alpha value is -3.54. The van der Waals surface area contributed by atoms with Gasteiger partial charge in [0, 0.05) is 24.0 Å². The van der Waals surface area contributed by atoms with Crippen LogP contribution in [-0.4, -0.2) is 19.1 Å². The van der Waals surface area contributed by atoms with Gasteiger partial charge in [-0.3, -0.25) is 9.59 Å². The van der Waals surface area contributed by atoms with E-state index in [9.17, 15) is 9.59 Å². The number of hydrogen-bond donors (Lipinski definition) is 1. The predicted octanol–water partition coefficient (Wildman–Crippen LogP) is 3.22. The van der Waals surface area contributed by atoms with Gasteiger partial charge >= 0.3 is 0 Å². The van der Waals surface area contributed by atoms with Crippen LogP contribution in [0.15, 0.2) is 76.1 Å². The molecule has 6 nitrogen and oxygen atoms in total. The van der Waals surface area contributed by atoms with Gasteiger partial charge in [0.1, 0.15) is 12.0 Å². The Balaban J connectivity index is 1.36. The molecule has 2 heterocycles. The van der Waals surface area contributed by atoms with E-state index in [4.69, 9.17) is 9.15 Å².